The third-order valence-corrected chi connectivity index (χ3v) is 3.66. The lowest BCUT2D eigenvalue weighted by Gasteiger charge is -2.37. The molecule has 0 aromatic carbocycles. The maximum atomic E-state index is 12.2. The van der Waals surface area contributed by atoms with Crippen LogP contribution in [0.15, 0.2) is 0 Å². The van der Waals surface area contributed by atoms with Crippen LogP contribution >= 0.6 is 0 Å². The van der Waals surface area contributed by atoms with Gasteiger partial charge in [-0.15, -0.1) is 0 Å². The highest BCUT2D eigenvalue weighted by Gasteiger charge is 2.31. The summed E-state index contributed by atoms with van der Waals surface area (Å²) < 4.78 is 0. The van der Waals surface area contributed by atoms with Gasteiger partial charge in [0.15, 0.2) is 0 Å². The Morgan fingerprint density at radius 3 is 2.81 bits per heavy atom. The SMILES string of the molecule is CC[C@H](C)[C@H](N)C(=O)N1CCCCC1CO. The first kappa shape index (κ1) is 13.5. The van der Waals surface area contributed by atoms with Gasteiger partial charge in [0.1, 0.15) is 0 Å². The molecule has 1 unspecified atom stereocenters. The van der Waals surface area contributed by atoms with Gasteiger partial charge in [-0.05, 0) is 25.2 Å². The summed E-state index contributed by atoms with van der Waals surface area (Å²) in [7, 11) is 0. The van der Waals surface area contributed by atoms with Crippen molar-refractivity contribution in [2.45, 2.75) is 51.6 Å². The van der Waals surface area contributed by atoms with Gasteiger partial charge >= 0.3 is 0 Å². The molecule has 16 heavy (non-hydrogen) atoms. The highest BCUT2D eigenvalue weighted by molar-refractivity contribution is 5.82. The summed E-state index contributed by atoms with van der Waals surface area (Å²) in [5, 5.41) is 9.25. The lowest BCUT2D eigenvalue weighted by atomic mass is 9.96. The number of piperidine rings is 1. The summed E-state index contributed by atoms with van der Waals surface area (Å²) in [5.41, 5.74) is 5.95. The molecule has 0 spiro atoms. The number of nitrogens with two attached hydrogens (primary N) is 1. The fourth-order valence-corrected chi connectivity index (χ4v) is 2.17. The summed E-state index contributed by atoms with van der Waals surface area (Å²) >= 11 is 0. The first-order valence-corrected chi connectivity index (χ1v) is 6.28. The maximum Gasteiger partial charge on any atom is 0.240 e. The average molecular weight is 228 g/mol. The summed E-state index contributed by atoms with van der Waals surface area (Å²) in [6.45, 7) is 4.84. The van der Waals surface area contributed by atoms with Crippen molar-refractivity contribution in [2.75, 3.05) is 13.2 Å². The molecule has 0 aromatic heterocycles. The van der Waals surface area contributed by atoms with Gasteiger partial charge in [-0.1, -0.05) is 20.3 Å². The van der Waals surface area contributed by atoms with E-state index in [1.165, 1.54) is 0 Å². The van der Waals surface area contributed by atoms with E-state index in [1.807, 2.05) is 13.8 Å². The number of aliphatic hydroxyl groups excluding tert-OH is 1. The third kappa shape index (κ3) is 2.95. The Bertz CT molecular complexity index is 233. The second kappa shape index (κ2) is 6.21. The van der Waals surface area contributed by atoms with Gasteiger partial charge in [0.25, 0.3) is 0 Å². The van der Waals surface area contributed by atoms with Crippen molar-refractivity contribution < 1.29 is 9.90 Å². The zero-order valence-electron chi connectivity index (χ0n) is 10.4. The Kier molecular flexibility index (Phi) is 5.22. The topological polar surface area (TPSA) is 66.6 Å². The molecule has 1 saturated heterocycles. The van der Waals surface area contributed by atoms with Crippen molar-refractivity contribution in [2.24, 2.45) is 11.7 Å². The minimum absolute atomic E-state index is 0.00750. The van der Waals surface area contributed by atoms with Gasteiger partial charge in [-0.25, -0.2) is 0 Å². The van der Waals surface area contributed by atoms with Crippen LogP contribution in [-0.2, 0) is 4.79 Å². The Hall–Kier alpha value is -0.610. The zero-order valence-corrected chi connectivity index (χ0v) is 10.4. The van der Waals surface area contributed by atoms with E-state index in [0.29, 0.717) is 0 Å². The fourth-order valence-electron chi connectivity index (χ4n) is 2.17. The molecule has 1 aliphatic rings. The molecule has 1 amide bonds. The molecule has 94 valence electrons. The van der Waals surface area contributed by atoms with Crippen LogP contribution in [0, 0.1) is 5.92 Å². The van der Waals surface area contributed by atoms with Crippen molar-refractivity contribution in [3.63, 3.8) is 0 Å². The largest absolute Gasteiger partial charge is 0.394 e. The van der Waals surface area contributed by atoms with E-state index in [2.05, 4.69) is 0 Å². The van der Waals surface area contributed by atoms with Crippen LogP contribution in [0.5, 0.6) is 0 Å². The fraction of sp³-hybridized carbons (Fsp3) is 0.917. The molecular formula is C12H24N2O2. The molecule has 3 atom stereocenters. The highest BCUT2D eigenvalue weighted by atomic mass is 16.3. The van der Waals surface area contributed by atoms with E-state index in [9.17, 15) is 9.90 Å². The van der Waals surface area contributed by atoms with Crippen molar-refractivity contribution in [3.8, 4) is 0 Å². The van der Waals surface area contributed by atoms with Crippen molar-refractivity contribution >= 4 is 5.91 Å². The van der Waals surface area contributed by atoms with Crippen molar-refractivity contribution in [1.82, 2.24) is 4.90 Å². The average Bonchev–Trinajstić information content (AvgIpc) is 2.35. The minimum atomic E-state index is -0.419. The molecule has 0 bridgehead atoms. The summed E-state index contributed by atoms with van der Waals surface area (Å²) in [4.78, 5) is 13.9. The third-order valence-electron chi connectivity index (χ3n) is 3.66. The van der Waals surface area contributed by atoms with Crippen LogP contribution in [-0.4, -0.2) is 41.1 Å². The van der Waals surface area contributed by atoms with Crippen LogP contribution in [0.4, 0.5) is 0 Å². The van der Waals surface area contributed by atoms with E-state index in [4.69, 9.17) is 5.73 Å². The molecule has 4 nitrogen and oxygen atoms in total. The molecule has 1 fully saturated rings. The van der Waals surface area contributed by atoms with Gasteiger partial charge in [-0.2, -0.15) is 0 Å². The lowest BCUT2D eigenvalue weighted by Crippen LogP contribution is -2.53. The van der Waals surface area contributed by atoms with Gasteiger partial charge in [-0.3, -0.25) is 4.79 Å². The second-order valence-electron chi connectivity index (χ2n) is 4.78. The molecule has 0 saturated carbocycles. The van der Waals surface area contributed by atoms with Crippen LogP contribution in [0.3, 0.4) is 0 Å². The molecule has 0 aliphatic carbocycles. The quantitative estimate of drug-likeness (QED) is 0.745. The van der Waals surface area contributed by atoms with Crippen molar-refractivity contribution in [1.29, 1.82) is 0 Å². The molecule has 4 heteroatoms. The first-order chi connectivity index (χ1) is 7.61. The minimum Gasteiger partial charge on any atom is -0.394 e. The van der Waals surface area contributed by atoms with E-state index < -0.39 is 6.04 Å². The smallest absolute Gasteiger partial charge is 0.240 e. The molecule has 1 rings (SSSR count). The summed E-state index contributed by atoms with van der Waals surface area (Å²) in [5.74, 6) is 0.210. The number of amides is 1. The predicted molar refractivity (Wildman–Crippen MR) is 63.9 cm³/mol. The van der Waals surface area contributed by atoms with Crippen LogP contribution in [0.2, 0.25) is 0 Å². The zero-order chi connectivity index (χ0) is 12.1. The summed E-state index contributed by atoms with van der Waals surface area (Å²) in [6.07, 6.45) is 3.92. The van der Waals surface area contributed by atoms with Crippen LogP contribution < -0.4 is 5.73 Å². The molecular weight excluding hydrogens is 204 g/mol. The number of carbonyl (C=O) groups is 1. The normalized spacial score (nSPS) is 25.2. The first-order valence-electron chi connectivity index (χ1n) is 6.28. The Morgan fingerprint density at radius 2 is 2.25 bits per heavy atom. The Balaban J connectivity index is 2.63. The highest BCUT2D eigenvalue weighted by Crippen LogP contribution is 2.19. The number of nitrogens with zero attached hydrogens (tertiary/aromatic N) is 1. The Labute approximate surface area is 97.8 Å². The second-order valence-corrected chi connectivity index (χ2v) is 4.78. The van der Waals surface area contributed by atoms with Gasteiger partial charge in [0.2, 0.25) is 5.91 Å². The van der Waals surface area contributed by atoms with E-state index in [0.717, 1.165) is 32.2 Å². The number of hydrogen-bond donors (Lipinski definition) is 2. The number of rotatable bonds is 4. The van der Waals surface area contributed by atoms with Crippen molar-refractivity contribution in [3.05, 3.63) is 0 Å². The summed E-state index contributed by atoms with van der Waals surface area (Å²) in [6, 6.07) is -0.437. The van der Waals surface area contributed by atoms with E-state index >= 15 is 0 Å². The number of carbonyl (C=O) groups excluding carboxylic acids is 1. The maximum absolute atomic E-state index is 12.2. The molecule has 1 heterocycles. The molecule has 3 N–H and O–H groups in total. The molecule has 1 aliphatic heterocycles. The van der Waals surface area contributed by atoms with E-state index in [-0.39, 0.29) is 24.5 Å². The molecule has 0 aromatic rings. The van der Waals surface area contributed by atoms with Gasteiger partial charge in [0, 0.05) is 6.54 Å². The number of aliphatic hydroxyl groups is 1. The lowest BCUT2D eigenvalue weighted by molar-refractivity contribution is -0.138. The monoisotopic (exact) mass is 228 g/mol. The van der Waals surface area contributed by atoms with Crippen LogP contribution in [0.25, 0.3) is 0 Å². The van der Waals surface area contributed by atoms with Crippen LogP contribution in [0.1, 0.15) is 39.5 Å². The Morgan fingerprint density at radius 1 is 1.56 bits per heavy atom. The standard InChI is InChI=1S/C12H24N2O2/c1-3-9(2)11(13)12(16)14-7-5-4-6-10(14)8-15/h9-11,15H,3-8,13H2,1-2H3/t9-,10?,11-/m0/s1. The van der Waals surface area contributed by atoms with Gasteiger partial charge < -0.3 is 15.7 Å². The van der Waals surface area contributed by atoms with E-state index in [1.54, 1.807) is 4.90 Å². The predicted octanol–water partition coefficient (Wildman–Crippen LogP) is 0.733. The molecule has 0 radical (unpaired) electrons. The number of likely N-dealkylation sites (tertiary alicyclic amines) is 1. The number of hydrogen-bond acceptors (Lipinski definition) is 3. The van der Waals surface area contributed by atoms with Gasteiger partial charge in [0.05, 0.1) is 18.7 Å².